The van der Waals surface area contributed by atoms with Crippen LogP contribution in [0.4, 0.5) is 0 Å². The second-order valence-electron chi connectivity index (χ2n) is 7.74. The van der Waals surface area contributed by atoms with E-state index in [1.807, 2.05) is 65.0 Å². The Morgan fingerprint density at radius 3 is 2.26 bits per heavy atom. The topological polar surface area (TPSA) is 71.6 Å². The van der Waals surface area contributed by atoms with Crippen LogP contribution in [0.25, 0.3) is 5.57 Å². The SMILES string of the molecule is CC.CC.CCNC(=O)C1=CC=C(/C(=C/C2CCNC(C)C2)c2c(OC)cccc2OC)NC1. The Hall–Kier alpha value is -2.73. The summed E-state index contributed by atoms with van der Waals surface area (Å²) in [5.74, 6) is 1.95. The minimum atomic E-state index is -0.0344. The van der Waals surface area contributed by atoms with Gasteiger partial charge in [0.2, 0.25) is 5.91 Å². The van der Waals surface area contributed by atoms with E-state index in [1.165, 1.54) is 0 Å². The fourth-order valence-electron chi connectivity index (χ4n) is 4.09. The van der Waals surface area contributed by atoms with Crippen LogP contribution in [0.2, 0.25) is 0 Å². The van der Waals surface area contributed by atoms with Crippen LogP contribution < -0.4 is 25.4 Å². The molecule has 1 fully saturated rings. The number of carbonyl (C=O) groups is 1. The van der Waals surface area contributed by atoms with Crippen LogP contribution in [-0.4, -0.2) is 45.8 Å². The minimum absolute atomic E-state index is 0.0344. The van der Waals surface area contributed by atoms with Crippen LogP contribution >= 0.6 is 0 Å². The lowest BCUT2D eigenvalue weighted by Gasteiger charge is -2.28. The molecule has 6 nitrogen and oxygen atoms in total. The summed E-state index contributed by atoms with van der Waals surface area (Å²) in [6.45, 7) is 14.2. The molecule has 2 heterocycles. The molecule has 1 aromatic carbocycles. The van der Waals surface area contributed by atoms with Gasteiger partial charge in [0.1, 0.15) is 11.5 Å². The maximum Gasteiger partial charge on any atom is 0.248 e. The lowest BCUT2D eigenvalue weighted by Crippen LogP contribution is -2.35. The van der Waals surface area contributed by atoms with Gasteiger partial charge in [0, 0.05) is 36.0 Å². The molecule has 0 radical (unpaired) electrons. The summed E-state index contributed by atoms with van der Waals surface area (Å²) in [6.07, 6.45) is 8.38. The van der Waals surface area contributed by atoms with E-state index in [2.05, 4.69) is 29.0 Å². The first-order valence-corrected chi connectivity index (χ1v) is 12.7. The van der Waals surface area contributed by atoms with Crippen molar-refractivity contribution in [1.29, 1.82) is 0 Å². The number of allylic oxidation sites excluding steroid dienone is 4. The van der Waals surface area contributed by atoms with Crippen molar-refractivity contribution in [3.05, 3.63) is 53.3 Å². The van der Waals surface area contributed by atoms with Crippen molar-refractivity contribution in [2.45, 2.75) is 60.4 Å². The first kappa shape index (κ1) is 29.3. The van der Waals surface area contributed by atoms with Gasteiger partial charge in [-0.3, -0.25) is 4.79 Å². The average Bonchev–Trinajstić information content (AvgIpc) is 2.89. The molecule has 2 atom stereocenters. The molecule has 34 heavy (non-hydrogen) atoms. The van der Waals surface area contributed by atoms with Gasteiger partial charge in [0.05, 0.1) is 19.8 Å². The van der Waals surface area contributed by atoms with E-state index in [1.54, 1.807) is 14.2 Å². The molecule has 1 aromatic rings. The third kappa shape index (κ3) is 7.94. The van der Waals surface area contributed by atoms with Crippen molar-refractivity contribution in [3.63, 3.8) is 0 Å². The monoisotopic (exact) mass is 471 g/mol. The fraction of sp³-hybridized carbons (Fsp3) is 0.536. The third-order valence-corrected chi connectivity index (χ3v) is 5.60. The first-order chi connectivity index (χ1) is 16.6. The first-order valence-electron chi connectivity index (χ1n) is 12.7. The standard InChI is InChI=1S/C24H33N3O3.2C2H6/c1-5-25-24(28)18-9-10-20(27-15-18)19(14-17-11-12-26-16(2)13-17)23-21(29-3)7-6-8-22(23)30-4;2*1-2/h6-10,14,16-17,26-27H,5,11-13,15H2,1-4H3,(H,25,28);2*1-2H3/b19-14-;;. The van der Waals surface area contributed by atoms with Gasteiger partial charge in [-0.15, -0.1) is 0 Å². The van der Waals surface area contributed by atoms with Gasteiger partial charge >= 0.3 is 0 Å². The van der Waals surface area contributed by atoms with Gasteiger partial charge in [0.15, 0.2) is 0 Å². The zero-order valence-corrected chi connectivity index (χ0v) is 22.4. The van der Waals surface area contributed by atoms with Crippen molar-refractivity contribution < 1.29 is 14.3 Å². The van der Waals surface area contributed by atoms with Gasteiger partial charge in [-0.05, 0) is 63.4 Å². The number of hydrogen-bond donors (Lipinski definition) is 3. The Balaban J connectivity index is 0.00000137. The Kier molecular flexibility index (Phi) is 13.8. The number of carbonyl (C=O) groups excluding carboxylic acids is 1. The molecule has 0 saturated carbocycles. The summed E-state index contributed by atoms with van der Waals surface area (Å²) in [5.41, 5.74) is 3.68. The van der Waals surface area contributed by atoms with E-state index in [0.717, 1.165) is 53.3 Å². The van der Waals surface area contributed by atoms with Crippen LogP contribution in [-0.2, 0) is 4.79 Å². The highest BCUT2D eigenvalue weighted by atomic mass is 16.5. The lowest BCUT2D eigenvalue weighted by atomic mass is 9.87. The maximum atomic E-state index is 12.2. The second kappa shape index (κ2) is 16.0. The zero-order chi connectivity index (χ0) is 25.5. The van der Waals surface area contributed by atoms with Crippen molar-refractivity contribution in [1.82, 2.24) is 16.0 Å². The van der Waals surface area contributed by atoms with Gasteiger partial charge in [-0.1, -0.05) is 39.8 Å². The van der Waals surface area contributed by atoms with Gasteiger partial charge in [-0.2, -0.15) is 0 Å². The van der Waals surface area contributed by atoms with E-state index in [-0.39, 0.29) is 5.91 Å². The second-order valence-corrected chi connectivity index (χ2v) is 7.74. The van der Waals surface area contributed by atoms with E-state index < -0.39 is 0 Å². The van der Waals surface area contributed by atoms with Crippen molar-refractivity contribution >= 4 is 11.5 Å². The molecule has 2 unspecified atom stereocenters. The molecule has 0 aliphatic carbocycles. The summed E-state index contributed by atoms with van der Waals surface area (Å²) in [5, 5.41) is 9.82. The Labute approximate surface area is 206 Å². The Morgan fingerprint density at radius 1 is 1.12 bits per heavy atom. The quantitative estimate of drug-likeness (QED) is 0.517. The number of hydrogen-bond acceptors (Lipinski definition) is 5. The number of benzene rings is 1. The van der Waals surface area contributed by atoms with Crippen molar-refractivity contribution in [3.8, 4) is 11.5 Å². The summed E-state index contributed by atoms with van der Waals surface area (Å²) in [4.78, 5) is 12.2. The lowest BCUT2D eigenvalue weighted by molar-refractivity contribution is -0.117. The molecule has 1 saturated heterocycles. The highest BCUT2D eigenvalue weighted by molar-refractivity contribution is 5.95. The van der Waals surface area contributed by atoms with Crippen LogP contribution in [0.15, 0.2) is 47.7 Å². The van der Waals surface area contributed by atoms with Crippen LogP contribution in [0.5, 0.6) is 11.5 Å². The number of rotatable bonds is 7. The predicted molar refractivity (Wildman–Crippen MR) is 143 cm³/mol. The van der Waals surface area contributed by atoms with Crippen LogP contribution in [0, 0.1) is 5.92 Å². The number of piperidine rings is 1. The Bertz CT molecular complexity index is 836. The van der Waals surface area contributed by atoms with Gasteiger partial charge < -0.3 is 25.4 Å². The Morgan fingerprint density at radius 2 is 1.76 bits per heavy atom. The molecule has 0 aromatic heterocycles. The number of dihydropyridines is 1. The molecule has 0 spiro atoms. The third-order valence-electron chi connectivity index (χ3n) is 5.60. The van der Waals surface area contributed by atoms with E-state index >= 15 is 0 Å². The van der Waals surface area contributed by atoms with Crippen molar-refractivity contribution in [2.75, 3.05) is 33.9 Å². The summed E-state index contributed by atoms with van der Waals surface area (Å²) in [6, 6.07) is 6.33. The number of methoxy groups -OCH3 is 2. The molecular weight excluding hydrogens is 426 g/mol. The highest BCUT2D eigenvalue weighted by Gasteiger charge is 2.24. The van der Waals surface area contributed by atoms with Crippen molar-refractivity contribution in [2.24, 2.45) is 5.92 Å². The number of likely N-dealkylation sites (N-methyl/N-ethyl adjacent to an activating group) is 1. The normalized spacial score (nSPS) is 19.6. The number of nitrogens with one attached hydrogen (secondary N) is 3. The molecule has 3 N–H and O–H groups in total. The molecule has 2 aliphatic rings. The molecule has 6 heteroatoms. The zero-order valence-electron chi connectivity index (χ0n) is 22.4. The molecule has 0 bridgehead atoms. The number of amides is 1. The van der Waals surface area contributed by atoms with Crippen LogP contribution in [0.3, 0.4) is 0 Å². The van der Waals surface area contributed by atoms with E-state index in [4.69, 9.17) is 9.47 Å². The molecule has 2 aliphatic heterocycles. The molecule has 3 rings (SSSR count). The predicted octanol–water partition coefficient (Wildman–Crippen LogP) is 5.08. The minimum Gasteiger partial charge on any atom is -0.496 e. The average molecular weight is 472 g/mol. The number of ether oxygens (including phenoxy) is 2. The largest absolute Gasteiger partial charge is 0.496 e. The van der Waals surface area contributed by atoms with E-state index in [9.17, 15) is 4.79 Å². The van der Waals surface area contributed by atoms with Gasteiger partial charge in [-0.25, -0.2) is 0 Å². The summed E-state index contributed by atoms with van der Waals surface area (Å²) >= 11 is 0. The molecular formula is C28H45N3O3. The van der Waals surface area contributed by atoms with Crippen LogP contribution in [0.1, 0.15) is 59.9 Å². The molecule has 190 valence electrons. The fourth-order valence-corrected chi connectivity index (χ4v) is 4.09. The van der Waals surface area contributed by atoms with Gasteiger partial charge in [0.25, 0.3) is 0 Å². The maximum absolute atomic E-state index is 12.2. The smallest absolute Gasteiger partial charge is 0.248 e. The van der Waals surface area contributed by atoms with E-state index in [0.29, 0.717) is 25.0 Å². The summed E-state index contributed by atoms with van der Waals surface area (Å²) in [7, 11) is 3.36. The highest BCUT2D eigenvalue weighted by Crippen LogP contribution is 2.39. The molecule has 1 amide bonds. The summed E-state index contributed by atoms with van der Waals surface area (Å²) < 4.78 is 11.4.